The van der Waals surface area contributed by atoms with Gasteiger partial charge in [-0.2, -0.15) is 4.98 Å². The van der Waals surface area contributed by atoms with Gasteiger partial charge in [-0.25, -0.2) is 9.78 Å². The second-order valence-electron chi connectivity index (χ2n) is 6.04. The molecule has 2 heterocycles. The zero-order valence-electron chi connectivity index (χ0n) is 15.6. The van der Waals surface area contributed by atoms with E-state index in [4.69, 9.17) is 42.8 Å². The molecule has 0 unspecified atom stereocenters. The summed E-state index contributed by atoms with van der Waals surface area (Å²) in [7, 11) is 0. The third kappa shape index (κ3) is 4.60. The van der Waals surface area contributed by atoms with Crippen molar-refractivity contribution in [3.8, 4) is 0 Å². The lowest BCUT2D eigenvalue weighted by atomic mass is 10.1. The van der Waals surface area contributed by atoms with Crippen molar-refractivity contribution in [3.05, 3.63) is 51.0 Å². The van der Waals surface area contributed by atoms with E-state index in [-0.39, 0.29) is 47.9 Å². The highest BCUT2D eigenvalue weighted by Crippen LogP contribution is 2.29. The van der Waals surface area contributed by atoms with Crippen LogP contribution in [0.1, 0.15) is 34.4 Å². The van der Waals surface area contributed by atoms with Crippen LogP contribution in [0.15, 0.2) is 22.6 Å². The van der Waals surface area contributed by atoms with Gasteiger partial charge in [-0.1, -0.05) is 29.3 Å². The van der Waals surface area contributed by atoms with Crippen molar-refractivity contribution in [1.29, 1.82) is 0 Å². The number of hydrogen-bond acceptors (Lipinski definition) is 8. The summed E-state index contributed by atoms with van der Waals surface area (Å²) in [5.41, 5.74) is 6.94. The highest BCUT2D eigenvalue weighted by molar-refractivity contribution is 6.42. The maximum absolute atomic E-state index is 12.1. The van der Waals surface area contributed by atoms with Crippen molar-refractivity contribution in [2.24, 2.45) is 0 Å². The first-order chi connectivity index (χ1) is 13.8. The van der Waals surface area contributed by atoms with Crippen molar-refractivity contribution in [2.45, 2.75) is 26.9 Å². The molecule has 0 saturated heterocycles. The van der Waals surface area contributed by atoms with Crippen LogP contribution >= 0.6 is 23.2 Å². The summed E-state index contributed by atoms with van der Waals surface area (Å²) in [4.78, 5) is 32.5. The number of halogens is 2. The van der Waals surface area contributed by atoms with Gasteiger partial charge >= 0.3 is 11.9 Å². The molecule has 29 heavy (non-hydrogen) atoms. The molecular formula is C19H17Cl2N3O5. The van der Waals surface area contributed by atoms with Crippen molar-refractivity contribution in [3.63, 3.8) is 0 Å². The van der Waals surface area contributed by atoms with Crippen LogP contribution in [0.4, 0.5) is 5.82 Å². The van der Waals surface area contributed by atoms with Crippen LogP contribution in [0.5, 0.6) is 0 Å². The molecule has 0 fully saturated rings. The standard InChI is InChI=1S/C19H17Cl2N3O5/c1-3-27-19(26)15-9(2)29-18-16(15)17(22)23-13(24-18)8-28-14(25)7-10-4-5-11(20)12(21)6-10/h4-6H,3,7-8H2,1-2H3,(H2,22,23,24). The summed E-state index contributed by atoms with van der Waals surface area (Å²) in [5, 5.41) is 1.02. The largest absolute Gasteiger partial charge is 0.462 e. The molecular weight excluding hydrogens is 421 g/mol. The summed E-state index contributed by atoms with van der Waals surface area (Å²) in [5.74, 6) is -0.589. The molecule has 2 N–H and O–H groups in total. The fourth-order valence-electron chi connectivity index (χ4n) is 2.71. The van der Waals surface area contributed by atoms with E-state index in [0.717, 1.165) is 0 Å². The van der Waals surface area contributed by atoms with E-state index in [0.29, 0.717) is 21.4 Å². The van der Waals surface area contributed by atoms with Crippen molar-refractivity contribution in [1.82, 2.24) is 9.97 Å². The van der Waals surface area contributed by atoms with E-state index >= 15 is 0 Å². The molecule has 3 rings (SSSR count). The number of nitrogens with two attached hydrogens (primary N) is 1. The summed E-state index contributed by atoms with van der Waals surface area (Å²) in [6.07, 6.45) is 0.00147. The minimum atomic E-state index is -0.570. The summed E-state index contributed by atoms with van der Waals surface area (Å²) < 4.78 is 15.7. The lowest BCUT2D eigenvalue weighted by molar-refractivity contribution is -0.144. The van der Waals surface area contributed by atoms with Crippen LogP contribution < -0.4 is 5.73 Å². The third-order valence-corrected chi connectivity index (χ3v) is 4.72. The van der Waals surface area contributed by atoms with Gasteiger partial charge in [0.25, 0.3) is 0 Å². The molecule has 0 atom stereocenters. The zero-order valence-corrected chi connectivity index (χ0v) is 17.1. The van der Waals surface area contributed by atoms with E-state index < -0.39 is 11.9 Å². The van der Waals surface area contributed by atoms with Gasteiger partial charge in [-0.15, -0.1) is 0 Å². The van der Waals surface area contributed by atoms with E-state index in [1.165, 1.54) is 0 Å². The number of nitrogens with zero attached hydrogens (tertiary/aromatic N) is 2. The molecule has 0 aliphatic heterocycles. The minimum Gasteiger partial charge on any atom is -0.462 e. The van der Waals surface area contributed by atoms with Crippen LogP contribution in [-0.2, 0) is 27.3 Å². The van der Waals surface area contributed by atoms with Crippen LogP contribution in [-0.4, -0.2) is 28.5 Å². The number of anilines is 1. The number of fused-ring (bicyclic) bond motifs is 1. The van der Waals surface area contributed by atoms with Crippen LogP contribution in [0.3, 0.4) is 0 Å². The second-order valence-corrected chi connectivity index (χ2v) is 6.86. The Hall–Kier alpha value is -2.84. The van der Waals surface area contributed by atoms with Crippen LogP contribution in [0, 0.1) is 6.92 Å². The molecule has 0 radical (unpaired) electrons. The molecule has 0 amide bonds. The Labute approximate surface area is 175 Å². The quantitative estimate of drug-likeness (QED) is 0.576. The van der Waals surface area contributed by atoms with Crippen LogP contribution in [0.25, 0.3) is 11.1 Å². The zero-order chi connectivity index (χ0) is 21.1. The smallest absolute Gasteiger partial charge is 0.342 e. The van der Waals surface area contributed by atoms with Gasteiger partial charge in [0.05, 0.1) is 28.5 Å². The molecule has 1 aromatic carbocycles. The number of carbonyl (C=O) groups excluding carboxylic acids is 2. The summed E-state index contributed by atoms with van der Waals surface area (Å²) in [6, 6.07) is 4.87. The number of benzene rings is 1. The van der Waals surface area contributed by atoms with Gasteiger partial charge in [-0.3, -0.25) is 4.79 Å². The number of furan rings is 1. The number of carbonyl (C=O) groups is 2. The Kier molecular flexibility index (Phi) is 6.24. The van der Waals surface area contributed by atoms with Gasteiger partial charge in [0.15, 0.2) is 12.4 Å². The summed E-state index contributed by atoms with van der Waals surface area (Å²) >= 11 is 11.8. The van der Waals surface area contributed by atoms with Gasteiger partial charge < -0.3 is 19.6 Å². The lowest BCUT2D eigenvalue weighted by Gasteiger charge is -2.06. The third-order valence-electron chi connectivity index (χ3n) is 3.98. The van der Waals surface area contributed by atoms with Crippen molar-refractivity contribution < 1.29 is 23.5 Å². The van der Waals surface area contributed by atoms with E-state index in [1.54, 1.807) is 32.0 Å². The van der Waals surface area contributed by atoms with E-state index in [1.807, 2.05) is 0 Å². The highest BCUT2D eigenvalue weighted by Gasteiger charge is 2.24. The number of nitrogen functional groups attached to an aromatic ring is 1. The Morgan fingerprint density at radius 3 is 2.62 bits per heavy atom. The van der Waals surface area contributed by atoms with Gasteiger partial charge in [0.1, 0.15) is 17.1 Å². The van der Waals surface area contributed by atoms with Crippen LogP contribution in [0.2, 0.25) is 10.0 Å². The van der Waals surface area contributed by atoms with Gasteiger partial charge in [-0.05, 0) is 31.5 Å². The highest BCUT2D eigenvalue weighted by atomic mass is 35.5. The number of aromatic nitrogens is 2. The lowest BCUT2D eigenvalue weighted by Crippen LogP contribution is -2.11. The maximum Gasteiger partial charge on any atom is 0.342 e. The normalized spacial score (nSPS) is 10.9. The monoisotopic (exact) mass is 437 g/mol. The first-order valence-electron chi connectivity index (χ1n) is 8.62. The average Bonchev–Trinajstić information content (AvgIpc) is 3.00. The molecule has 3 aromatic rings. The molecule has 10 heteroatoms. The van der Waals surface area contributed by atoms with Crippen molar-refractivity contribution >= 4 is 52.1 Å². The minimum absolute atomic E-state index is 0.00147. The Morgan fingerprint density at radius 2 is 1.93 bits per heavy atom. The molecule has 0 aliphatic rings. The van der Waals surface area contributed by atoms with Gasteiger partial charge in [0.2, 0.25) is 5.71 Å². The average molecular weight is 438 g/mol. The number of esters is 2. The fourth-order valence-corrected chi connectivity index (χ4v) is 3.03. The van der Waals surface area contributed by atoms with E-state index in [9.17, 15) is 9.59 Å². The molecule has 0 bridgehead atoms. The molecule has 2 aromatic heterocycles. The van der Waals surface area contributed by atoms with Gasteiger partial charge in [0, 0.05) is 0 Å². The van der Waals surface area contributed by atoms with Crippen molar-refractivity contribution in [2.75, 3.05) is 12.3 Å². The van der Waals surface area contributed by atoms with E-state index in [2.05, 4.69) is 9.97 Å². The first kappa shape index (κ1) is 20.9. The molecule has 152 valence electrons. The summed E-state index contributed by atoms with van der Waals surface area (Å²) in [6.45, 7) is 3.29. The first-order valence-corrected chi connectivity index (χ1v) is 9.37. The Bertz CT molecular complexity index is 1100. The topological polar surface area (TPSA) is 118 Å². The fraction of sp³-hybridized carbons (Fsp3) is 0.263. The number of ether oxygens (including phenoxy) is 2. The number of aryl methyl sites for hydroxylation is 1. The number of rotatable bonds is 6. The Balaban J connectivity index is 1.74. The predicted molar refractivity (Wildman–Crippen MR) is 107 cm³/mol. The molecule has 8 nitrogen and oxygen atoms in total. The number of hydrogen-bond donors (Lipinski definition) is 1. The molecule has 0 saturated carbocycles. The Morgan fingerprint density at radius 1 is 1.17 bits per heavy atom. The second kappa shape index (κ2) is 8.67. The molecule has 0 aliphatic carbocycles. The predicted octanol–water partition coefficient (Wildman–Crippen LogP) is 3.88. The SMILES string of the molecule is CCOC(=O)c1c(C)oc2nc(COC(=O)Cc3ccc(Cl)c(Cl)c3)nc(N)c12. The maximum atomic E-state index is 12.1. The molecule has 0 spiro atoms.